The van der Waals surface area contributed by atoms with Crippen LogP contribution in [0, 0.1) is 0 Å². The number of quaternary nitrogens is 1. The topological polar surface area (TPSA) is 85.2 Å². The van der Waals surface area contributed by atoms with E-state index in [-0.39, 0.29) is 19.8 Å². The molecule has 0 radical (unpaired) electrons. The van der Waals surface area contributed by atoms with Crippen LogP contribution in [0.2, 0.25) is 0 Å². The number of hydrogen-bond acceptors (Lipinski definition) is 5. The minimum Gasteiger partial charge on any atom is -0.388 e. The summed E-state index contributed by atoms with van der Waals surface area (Å²) < 4.78 is 27.4. The van der Waals surface area contributed by atoms with Crippen molar-refractivity contribution in [2.75, 3.05) is 54.1 Å². The molecular weight excluding hydrogens is 357 g/mol. The van der Waals surface area contributed by atoms with Gasteiger partial charge in [0.15, 0.2) is 0 Å². The van der Waals surface area contributed by atoms with E-state index in [4.69, 9.17) is 13.8 Å². The third-order valence-electron chi connectivity index (χ3n) is 3.70. The molecule has 0 rings (SSSR count). The number of likely N-dealkylation sites (N-methyl/N-ethyl adjacent to an activating group) is 1. The second-order valence-corrected chi connectivity index (χ2v) is 8.99. The van der Waals surface area contributed by atoms with Gasteiger partial charge in [0, 0.05) is 6.61 Å². The Labute approximate surface area is 159 Å². The van der Waals surface area contributed by atoms with Crippen LogP contribution in [0.4, 0.5) is 0 Å². The van der Waals surface area contributed by atoms with E-state index in [0.717, 1.165) is 19.3 Å². The quantitative estimate of drug-likeness (QED) is 0.160. The molecule has 1 unspecified atom stereocenters. The Morgan fingerprint density at radius 2 is 1.62 bits per heavy atom. The second kappa shape index (κ2) is 14.7. The van der Waals surface area contributed by atoms with Crippen molar-refractivity contribution < 1.29 is 32.8 Å². The molecule has 26 heavy (non-hydrogen) atoms. The Balaban J connectivity index is 3.57. The minimum atomic E-state index is -4.13. The van der Waals surface area contributed by atoms with Crippen molar-refractivity contribution in [1.82, 2.24) is 0 Å². The van der Waals surface area contributed by atoms with Crippen molar-refractivity contribution in [2.45, 2.75) is 51.0 Å². The SMILES string of the molecule is C=CCCCCCCCCOC[C@@H](O)COP(=O)(O)OCC[N+](C)(C)C. The van der Waals surface area contributed by atoms with Crippen molar-refractivity contribution in [3.63, 3.8) is 0 Å². The van der Waals surface area contributed by atoms with Gasteiger partial charge in [-0.25, -0.2) is 4.57 Å². The molecule has 0 aliphatic heterocycles. The lowest BCUT2D eigenvalue weighted by atomic mass is 10.1. The highest BCUT2D eigenvalue weighted by molar-refractivity contribution is 7.47. The Morgan fingerprint density at radius 3 is 2.23 bits per heavy atom. The molecule has 0 heterocycles. The van der Waals surface area contributed by atoms with E-state index in [9.17, 15) is 14.6 Å². The number of phosphoric ester groups is 1. The molecule has 0 amide bonds. The van der Waals surface area contributed by atoms with E-state index in [1.54, 1.807) is 0 Å². The van der Waals surface area contributed by atoms with Crippen LogP contribution in [0.1, 0.15) is 44.9 Å². The fourth-order valence-electron chi connectivity index (χ4n) is 2.11. The molecule has 2 N–H and O–H groups in total. The normalized spacial score (nSPS) is 15.6. The van der Waals surface area contributed by atoms with Crippen molar-refractivity contribution in [3.05, 3.63) is 12.7 Å². The van der Waals surface area contributed by atoms with Crippen LogP contribution >= 0.6 is 7.82 Å². The summed E-state index contributed by atoms with van der Waals surface area (Å²) >= 11 is 0. The number of ether oxygens (including phenoxy) is 1. The van der Waals surface area contributed by atoms with Gasteiger partial charge < -0.3 is 19.2 Å². The van der Waals surface area contributed by atoms with Gasteiger partial charge >= 0.3 is 7.82 Å². The first kappa shape index (κ1) is 25.7. The molecule has 0 aliphatic rings. The van der Waals surface area contributed by atoms with Gasteiger partial charge in [0.25, 0.3) is 0 Å². The van der Waals surface area contributed by atoms with Crippen LogP contribution < -0.4 is 0 Å². The summed E-state index contributed by atoms with van der Waals surface area (Å²) in [4.78, 5) is 9.55. The Morgan fingerprint density at radius 1 is 1.00 bits per heavy atom. The summed E-state index contributed by atoms with van der Waals surface area (Å²) in [6.07, 6.45) is 9.00. The van der Waals surface area contributed by atoms with Gasteiger partial charge in [-0.2, -0.15) is 0 Å². The average Bonchev–Trinajstić information content (AvgIpc) is 2.53. The average molecular weight is 396 g/mol. The van der Waals surface area contributed by atoms with Crippen molar-refractivity contribution in [1.29, 1.82) is 0 Å². The Bertz CT molecular complexity index is 400. The summed E-state index contributed by atoms with van der Waals surface area (Å²) in [7, 11) is 1.73. The summed E-state index contributed by atoms with van der Waals surface area (Å²) in [6, 6.07) is 0. The number of allylic oxidation sites excluding steroid dienone is 1. The van der Waals surface area contributed by atoms with Crippen LogP contribution in [0.25, 0.3) is 0 Å². The lowest BCUT2D eigenvalue weighted by molar-refractivity contribution is -0.870. The van der Waals surface area contributed by atoms with Crippen LogP contribution in [0.5, 0.6) is 0 Å². The molecule has 0 spiro atoms. The van der Waals surface area contributed by atoms with Gasteiger partial charge in [-0.1, -0.05) is 31.8 Å². The molecule has 0 aliphatic carbocycles. The summed E-state index contributed by atoms with van der Waals surface area (Å²) in [5.41, 5.74) is 0. The number of phosphoric acid groups is 1. The predicted octanol–water partition coefficient (Wildman–Crippen LogP) is 3.12. The number of nitrogens with zero attached hydrogens (tertiary/aromatic N) is 1. The highest BCUT2D eigenvalue weighted by atomic mass is 31.2. The maximum atomic E-state index is 11.7. The zero-order chi connectivity index (χ0) is 19.9. The second-order valence-electron chi connectivity index (χ2n) is 7.54. The van der Waals surface area contributed by atoms with Gasteiger partial charge in [-0.3, -0.25) is 9.05 Å². The standard InChI is InChI=1S/C18H38NO6P/c1-5-6-7-8-9-10-11-12-14-23-16-18(20)17-25-26(21,22)24-15-13-19(2,3)4/h5,18,20H,1,6-17H2,2-4H3/p+1/t18-/m1/s1. The van der Waals surface area contributed by atoms with E-state index in [2.05, 4.69) is 6.58 Å². The Hall–Kier alpha value is -0.270. The van der Waals surface area contributed by atoms with Gasteiger partial charge in [0.1, 0.15) is 19.3 Å². The third-order valence-corrected chi connectivity index (χ3v) is 4.69. The predicted molar refractivity (Wildman–Crippen MR) is 104 cm³/mol. The molecule has 2 atom stereocenters. The molecule has 7 nitrogen and oxygen atoms in total. The highest BCUT2D eigenvalue weighted by Crippen LogP contribution is 2.43. The minimum absolute atomic E-state index is 0.0816. The van der Waals surface area contributed by atoms with E-state index in [0.29, 0.717) is 17.6 Å². The van der Waals surface area contributed by atoms with Crippen molar-refractivity contribution in [3.8, 4) is 0 Å². The van der Waals surface area contributed by atoms with Crippen molar-refractivity contribution in [2.24, 2.45) is 0 Å². The van der Waals surface area contributed by atoms with E-state index < -0.39 is 13.9 Å². The smallest absolute Gasteiger partial charge is 0.388 e. The first-order valence-corrected chi connectivity index (χ1v) is 10.9. The lowest BCUT2D eigenvalue weighted by Crippen LogP contribution is -2.37. The summed E-state index contributed by atoms with van der Waals surface area (Å²) in [5, 5.41) is 9.74. The Kier molecular flexibility index (Phi) is 14.6. The number of aliphatic hydroxyl groups excluding tert-OH is 1. The van der Waals surface area contributed by atoms with Crippen LogP contribution in [0.3, 0.4) is 0 Å². The summed E-state index contributed by atoms with van der Waals surface area (Å²) in [5.74, 6) is 0. The van der Waals surface area contributed by atoms with Crippen LogP contribution in [0.15, 0.2) is 12.7 Å². The first-order valence-electron chi connectivity index (χ1n) is 9.45. The third kappa shape index (κ3) is 18.5. The van der Waals surface area contributed by atoms with Gasteiger partial charge in [-0.15, -0.1) is 6.58 Å². The van der Waals surface area contributed by atoms with E-state index in [1.165, 1.54) is 25.7 Å². The molecule has 0 aromatic rings. The number of rotatable bonds is 18. The molecule has 0 aromatic carbocycles. The maximum absolute atomic E-state index is 11.7. The van der Waals surface area contributed by atoms with Crippen LogP contribution in [-0.4, -0.2) is 74.7 Å². The summed E-state index contributed by atoms with van der Waals surface area (Å²) in [6.45, 7) is 4.75. The lowest BCUT2D eigenvalue weighted by Gasteiger charge is -2.24. The maximum Gasteiger partial charge on any atom is 0.472 e. The monoisotopic (exact) mass is 396 g/mol. The number of aliphatic hydroxyl groups is 1. The van der Waals surface area contributed by atoms with Gasteiger partial charge in [0.2, 0.25) is 0 Å². The molecule has 0 saturated heterocycles. The molecule has 0 saturated carbocycles. The van der Waals surface area contributed by atoms with Gasteiger partial charge in [0.05, 0.1) is 34.4 Å². The zero-order valence-electron chi connectivity index (χ0n) is 16.8. The molecule has 0 bridgehead atoms. The fourth-order valence-corrected chi connectivity index (χ4v) is 2.86. The van der Waals surface area contributed by atoms with Crippen molar-refractivity contribution >= 4 is 7.82 Å². The fraction of sp³-hybridized carbons (Fsp3) is 0.889. The highest BCUT2D eigenvalue weighted by Gasteiger charge is 2.23. The van der Waals surface area contributed by atoms with E-state index in [1.807, 2.05) is 27.2 Å². The molecule has 0 fully saturated rings. The number of unbranched alkanes of at least 4 members (excludes halogenated alkanes) is 6. The van der Waals surface area contributed by atoms with E-state index >= 15 is 0 Å². The first-order chi connectivity index (χ1) is 12.2. The zero-order valence-corrected chi connectivity index (χ0v) is 17.7. The van der Waals surface area contributed by atoms with Crippen LogP contribution in [-0.2, 0) is 18.3 Å². The molecule has 8 heteroatoms. The molecule has 156 valence electrons. The van der Waals surface area contributed by atoms with Gasteiger partial charge in [-0.05, 0) is 19.3 Å². The molecule has 0 aromatic heterocycles. The largest absolute Gasteiger partial charge is 0.472 e. The number of hydrogen-bond donors (Lipinski definition) is 2. The molecular formula is C18H39NO6P+.